The van der Waals surface area contributed by atoms with Crippen LogP contribution in [0, 0.1) is 0 Å². The first kappa shape index (κ1) is 13.7. The van der Waals surface area contributed by atoms with E-state index in [-0.39, 0.29) is 0 Å². The standard InChI is InChI=1S/C6H13NO8S/c8-1-3-4(9)5(10)6(11,2-15-3)7-16(12,13)14/h3-5,7-11H,1-2H2,(H,12,13,14)/t3-,4-,5+,6+/m1/s1. The molecule has 0 aliphatic carbocycles. The van der Waals surface area contributed by atoms with Gasteiger partial charge in [0.1, 0.15) is 18.3 Å². The number of rotatable bonds is 3. The maximum Gasteiger partial charge on any atom is 0.335 e. The van der Waals surface area contributed by atoms with Gasteiger partial charge in [0.2, 0.25) is 0 Å². The second-order valence-corrected chi connectivity index (χ2v) is 4.62. The van der Waals surface area contributed by atoms with Crippen molar-refractivity contribution in [2.75, 3.05) is 13.2 Å². The number of nitrogens with one attached hydrogen (secondary N) is 1. The summed E-state index contributed by atoms with van der Waals surface area (Å²) in [6.07, 6.45) is -4.78. The minimum absolute atomic E-state index is 0.611. The van der Waals surface area contributed by atoms with Crippen molar-refractivity contribution < 1.29 is 38.1 Å². The van der Waals surface area contributed by atoms with Crippen LogP contribution in [0.5, 0.6) is 0 Å². The zero-order valence-electron chi connectivity index (χ0n) is 8.02. The molecule has 0 bridgehead atoms. The highest BCUT2D eigenvalue weighted by molar-refractivity contribution is 7.83. The fourth-order valence-electron chi connectivity index (χ4n) is 1.38. The fourth-order valence-corrected chi connectivity index (χ4v) is 2.00. The fraction of sp³-hybridized carbons (Fsp3) is 1.00. The van der Waals surface area contributed by atoms with Crippen LogP contribution in [0.25, 0.3) is 0 Å². The number of aliphatic hydroxyl groups is 4. The second kappa shape index (κ2) is 4.50. The molecule has 0 amide bonds. The van der Waals surface area contributed by atoms with Crippen LogP contribution in [-0.2, 0) is 15.0 Å². The van der Waals surface area contributed by atoms with Gasteiger partial charge < -0.3 is 25.2 Å². The summed E-state index contributed by atoms with van der Waals surface area (Å²) >= 11 is 0. The number of aliphatic hydroxyl groups excluding tert-OH is 3. The Kier molecular flexibility index (Phi) is 3.87. The van der Waals surface area contributed by atoms with Gasteiger partial charge in [-0.2, -0.15) is 13.1 Å². The molecule has 0 aromatic heterocycles. The molecule has 1 saturated heterocycles. The molecule has 16 heavy (non-hydrogen) atoms. The van der Waals surface area contributed by atoms with Crippen LogP contribution in [0.15, 0.2) is 0 Å². The van der Waals surface area contributed by atoms with E-state index in [4.69, 9.17) is 14.4 Å². The van der Waals surface area contributed by atoms with Crippen LogP contribution in [0.4, 0.5) is 0 Å². The van der Waals surface area contributed by atoms with Gasteiger partial charge in [-0.15, -0.1) is 0 Å². The van der Waals surface area contributed by atoms with Gasteiger partial charge in [0, 0.05) is 0 Å². The van der Waals surface area contributed by atoms with Gasteiger partial charge in [-0.1, -0.05) is 0 Å². The molecule has 1 rings (SSSR count). The third-order valence-electron chi connectivity index (χ3n) is 2.20. The molecule has 1 fully saturated rings. The van der Waals surface area contributed by atoms with Gasteiger partial charge >= 0.3 is 10.3 Å². The van der Waals surface area contributed by atoms with E-state index in [9.17, 15) is 23.7 Å². The van der Waals surface area contributed by atoms with Crippen molar-refractivity contribution in [1.82, 2.24) is 4.72 Å². The largest absolute Gasteiger partial charge is 0.394 e. The maximum atomic E-state index is 10.5. The van der Waals surface area contributed by atoms with Crippen LogP contribution in [0.3, 0.4) is 0 Å². The van der Waals surface area contributed by atoms with E-state index in [1.54, 1.807) is 0 Å². The Morgan fingerprint density at radius 2 is 2.00 bits per heavy atom. The molecule has 0 unspecified atom stereocenters. The van der Waals surface area contributed by atoms with Gasteiger partial charge in [-0.25, -0.2) is 0 Å². The molecular weight excluding hydrogens is 246 g/mol. The summed E-state index contributed by atoms with van der Waals surface area (Å²) in [5, 5.41) is 37.1. The van der Waals surface area contributed by atoms with Crippen LogP contribution >= 0.6 is 0 Å². The Morgan fingerprint density at radius 1 is 1.44 bits per heavy atom. The Balaban J connectivity index is 2.84. The third-order valence-corrected chi connectivity index (χ3v) is 2.81. The van der Waals surface area contributed by atoms with Gasteiger partial charge in [0.15, 0.2) is 5.72 Å². The van der Waals surface area contributed by atoms with E-state index in [0.717, 1.165) is 0 Å². The summed E-state index contributed by atoms with van der Waals surface area (Å²) in [6, 6.07) is 0. The summed E-state index contributed by atoms with van der Waals surface area (Å²) in [7, 11) is -4.78. The van der Waals surface area contributed by atoms with Gasteiger partial charge in [0.25, 0.3) is 0 Å². The van der Waals surface area contributed by atoms with Crippen LogP contribution in [-0.4, -0.2) is 70.6 Å². The molecule has 96 valence electrons. The first-order chi connectivity index (χ1) is 7.19. The van der Waals surface area contributed by atoms with E-state index < -0.39 is 47.6 Å². The molecular formula is C6H13NO8S. The second-order valence-electron chi connectivity index (χ2n) is 3.47. The van der Waals surface area contributed by atoms with Crippen molar-refractivity contribution in [3.8, 4) is 0 Å². The van der Waals surface area contributed by atoms with Gasteiger partial charge in [-0.3, -0.25) is 4.55 Å². The van der Waals surface area contributed by atoms with Gasteiger partial charge in [0.05, 0.1) is 13.2 Å². The molecule has 4 atom stereocenters. The topological polar surface area (TPSA) is 157 Å². The summed E-state index contributed by atoms with van der Waals surface area (Å²) < 4.78 is 35.5. The molecule has 0 aromatic rings. The molecule has 1 heterocycles. The summed E-state index contributed by atoms with van der Waals surface area (Å²) in [5.41, 5.74) is -2.54. The molecule has 1 aliphatic rings. The first-order valence-corrected chi connectivity index (χ1v) is 5.71. The Bertz CT molecular complexity index is 344. The van der Waals surface area contributed by atoms with E-state index >= 15 is 0 Å². The van der Waals surface area contributed by atoms with Crippen LogP contribution < -0.4 is 4.72 Å². The number of hydrogen-bond acceptors (Lipinski definition) is 7. The normalized spacial score (nSPS) is 40.9. The van der Waals surface area contributed by atoms with Crippen molar-refractivity contribution in [2.45, 2.75) is 24.0 Å². The van der Waals surface area contributed by atoms with Crippen molar-refractivity contribution in [1.29, 1.82) is 0 Å². The number of hydrogen-bond donors (Lipinski definition) is 6. The van der Waals surface area contributed by atoms with Crippen molar-refractivity contribution in [3.05, 3.63) is 0 Å². The summed E-state index contributed by atoms with van der Waals surface area (Å²) in [5.74, 6) is 0. The minimum Gasteiger partial charge on any atom is -0.394 e. The predicted molar refractivity (Wildman–Crippen MR) is 48.5 cm³/mol. The number of ether oxygens (including phenoxy) is 1. The average Bonchev–Trinajstić information content (AvgIpc) is 2.12. The lowest BCUT2D eigenvalue weighted by Crippen LogP contribution is -2.69. The minimum atomic E-state index is -4.78. The lowest BCUT2D eigenvalue weighted by molar-refractivity contribution is -0.244. The van der Waals surface area contributed by atoms with E-state index in [1.807, 2.05) is 0 Å². The molecule has 6 N–H and O–H groups in total. The van der Waals surface area contributed by atoms with Crippen molar-refractivity contribution >= 4 is 10.3 Å². The Hall–Kier alpha value is -0.330. The Morgan fingerprint density at radius 3 is 2.44 bits per heavy atom. The van der Waals surface area contributed by atoms with E-state index in [1.165, 1.54) is 4.72 Å². The molecule has 0 aromatic carbocycles. The van der Waals surface area contributed by atoms with Gasteiger partial charge in [-0.05, 0) is 0 Å². The monoisotopic (exact) mass is 259 g/mol. The van der Waals surface area contributed by atoms with Crippen LogP contribution in [0.1, 0.15) is 0 Å². The SMILES string of the molecule is O=S(=O)(O)N[C@]1(O)CO[C@H](CO)[C@@H](O)[C@@H]1O. The van der Waals surface area contributed by atoms with Crippen molar-refractivity contribution in [2.24, 2.45) is 0 Å². The molecule has 1 aliphatic heterocycles. The lowest BCUT2D eigenvalue weighted by atomic mass is 9.96. The molecule has 9 nitrogen and oxygen atoms in total. The maximum absolute atomic E-state index is 10.5. The van der Waals surface area contributed by atoms with Crippen LogP contribution in [0.2, 0.25) is 0 Å². The third kappa shape index (κ3) is 2.87. The molecule has 10 heteroatoms. The Labute approximate surface area is 91.2 Å². The lowest BCUT2D eigenvalue weighted by Gasteiger charge is -2.42. The van der Waals surface area contributed by atoms with E-state index in [2.05, 4.69) is 0 Å². The zero-order valence-corrected chi connectivity index (χ0v) is 8.83. The quantitative estimate of drug-likeness (QED) is 0.222. The zero-order chi connectivity index (χ0) is 12.6. The smallest absolute Gasteiger partial charge is 0.335 e. The van der Waals surface area contributed by atoms with E-state index in [0.29, 0.717) is 0 Å². The molecule has 0 radical (unpaired) electrons. The predicted octanol–water partition coefficient (Wildman–Crippen LogP) is -3.82. The average molecular weight is 259 g/mol. The summed E-state index contributed by atoms with van der Waals surface area (Å²) in [6.45, 7) is -1.34. The highest BCUT2D eigenvalue weighted by Crippen LogP contribution is 2.22. The first-order valence-electron chi connectivity index (χ1n) is 4.27. The molecule has 0 saturated carbocycles. The summed E-state index contributed by atoms with van der Waals surface area (Å²) in [4.78, 5) is 0. The highest BCUT2D eigenvalue weighted by atomic mass is 32.2. The van der Waals surface area contributed by atoms with Crippen molar-refractivity contribution in [3.63, 3.8) is 0 Å². The molecule has 0 spiro atoms. The highest BCUT2D eigenvalue weighted by Gasteiger charge is 2.50.